The van der Waals surface area contributed by atoms with Crippen LogP contribution in [0.3, 0.4) is 0 Å². The number of rotatable bonds is 4. The Bertz CT molecular complexity index is 532. The van der Waals surface area contributed by atoms with E-state index in [9.17, 15) is 0 Å². The lowest BCUT2D eigenvalue weighted by Crippen LogP contribution is -2.35. The van der Waals surface area contributed by atoms with Crippen LogP contribution in [-0.4, -0.2) is 15.5 Å². The number of aromatic nitrogens is 2. The van der Waals surface area contributed by atoms with Crippen molar-refractivity contribution in [2.75, 3.05) is 0 Å². The lowest BCUT2D eigenvalue weighted by Gasteiger charge is -2.20. The summed E-state index contributed by atoms with van der Waals surface area (Å²) in [6.07, 6.45) is 5.11. The SMILES string of the molecule is Cc1cc(CNC(C)(C)C)cnc1Sc1ncco1. The molecule has 0 atom stereocenters. The maximum atomic E-state index is 5.21. The van der Waals surface area contributed by atoms with Crippen LogP contribution in [0, 0.1) is 6.92 Å². The molecule has 0 aliphatic heterocycles. The lowest BCUT2D eigenvalue weighted by atomic mass is 10.1. The second-order valence-corrected chi connectivity index (χ2v) is 6.41. The van der Waals surface area contributed by atoms with Gasteiger partial charge in [0, 0.05) is 18.3 Å². The Morgan fingerprint density at radius 1 is 1.32 bits per heavy atom. The number of aryl methyl sites for hydroxylation is 1. The van der Waals surface area contributed by atoms with Crippen LogP contribution in [0.2, 0.25) is 0 Å². The number of nitrogens with zero attached hydrogens (tertiary/aromatic N) is 2. The molecule has 19 heavy (non-hydrogen) atoms. The Morgan fingerprint density at radius 3 is 2.68 bits per heavy atom. The van der Waals surface area contributed by atoms with E-state index in [0.29, 0.717) is 5.22 Å². The van der Waals surface area contributed by atoms with Gasteiger partial charge >= 0.3 is 0 Å². The summed E-state index contributed by atoms with van der Waals surface area (Å²) in [5.41, 5.74) is 2.43. The van der Waals surface area contributed by atoms with Crippen molar-refractivity contribution in [3.05, 3.63) is 35.9 Å². The van der Waals surface area contributed by atoms with E-state index in [2.05, 4.69) is 49.0 Å². The number of oxazole rings is 1. The fraction of sp³-hybridized carbons (Fsp3) is 0.429. The number of hydrogen-bond acceptors (Lipinski definition) is 5. The van der Waals surface area contributed by atoms with Gasteiger partial charge in [0.15, 0.2) is 0 Å². The van der Waals surface area contributed by atoms with Crippen LogP contribution in [-0.2, 0) is 6.54 Å². The molecule has 0 aliphatic carbocycles. The normalized spacial score (nSPS) is 11.8. The van der Waals surface area contributed by atoms with Gasteiger partial charge in [-0.25, -0.2) is 9.97 Å². The van der Waals surface area contributed by atoms with E-state index < -0.39 is 0 Å². The summed E-state index contributed by atoms with van der Waals surface area (Å²) in [5.74, 6) is 0. The van der Waals surface area contributed by atoms with Gasteiger partial charge < -0.3 is 9.73 Å². The van der Waals surface area contributed by atoms with Crippen LogP contribution in [0.5, 0.6) is 0 Å². The first-order chi connectivity index (χ1) is 8.94. The molecular formula is C14H19N3OS. The van der Waals surface area contributed by atoms with Crippen molar-refractivity contribution in [3.63, 3.8) is 0 Å². The van der Waals surface area contributed by atoms with Gasteiger partial charge in [-0.2, -0.15) is 0 Å². The number of nitrogens with one attached hydrogen (secondary N) is 1. The summed E-state index contributed by atoms with van der Waals surface area (Å²) in [5, 5.41) is 5.01. The van der Waals surface area contributed by atoms with Crippen molar-refractivity contribution in [1.82, 2.24) is 15.3 Å². The second-order valence-electron chi connectivity index (χ2n) is 5.47. The summed E-state index contributed by atoms with van der Waals surface area (Å²) in [7, 11) is 0. The quantitative estimate of drug-likeness (QED) is 0.928. The summed E-state index contributed by atoms with van der Waals surface area (Å²) in [6, 6.07) is 2.15. The van der Waals surface area contributed by atoms with Gasteiger partial charge in [-0.3, -0.25) is 0 Å². The summed E-state index contributed by atoms with van der Waals surface area (Å²) >= 11 is 1.44. The molecule has 0 aromatic carbocycles. The molecule has 0 unspecified atom stereocenters. The zero-order valence-corrected chi connectivity index (χ0v) is 12.5. The third-order valence-corrected chi connectivity index (χ3v) is 3.50. The predicted octanol–water partition coefficient (Wildman–Crippen LogP) is 3.42. The molecule has 2 aromatic heterocycles. The largest absolute Gasteiger partial charge is 0.440 e. The predicted molar refractivity (Wildman–Crippen MR) is 76.2 cm³/mol. The van der Waals surface area contributed by atoms with Gasteiger partial charge in [0.1, 0.15) is 11.3 Å². The Hall–Kier alpha value is -1.33. The number of hydrogen-bond donors (Lipinski definition) is 1. The topological polar surface area (TPSA) is 51.0 Å². The molecule has 5 heteroatoms. The number of pyridine rings is 1. The van der Waals surface area contributed by atoms with E-state index in [4.69, 9.17) is 4.42 Å². The third kappa shape index (κ3) is 4.36. The molecule has 0 radical (unpaired) electrons. The Balaban J connectivity index is 2.05. The first-order valence-corrected chi connectivity index (χ1v) is 7.03. The second kappa shape index (κ2) is 5.75. The molecule has 0 saturated heterocycles. The lowest BCUT2D eigenvalue weighted by molar-refractivity contribution is 0.424. The van der Waals surface area contributed by atoms with Crippen molar-refractivity contribution in [2.45, 2.75) is 50.0 Å². The van der Waals surface area contributed by atoms with Gasteiger partial charge in [-0.1, -0.05) is 6.07 Å². The first-order valence-electron chi connectivity index (χ1n) is 6.22. The minimum Gasteiger partial charge on any atom is -0.440 e. The molecule has 2 aromatic rings. The van der Waals surface area contributed by atoms with Crippen molar-refractivity contribution in [3.8, 4) is 0 Å². The zero-order valence-electron chi connectivity index (χ0n) is 11.7. The maximum Gasteiger partial charge on any atom is 0.261 e. The molecular weight excluding hydrogens is 258 g/mol. The van der Waals surface area contributed by atoms with E-state index in [0.717, 1.165) is 17.1 Å². The highest BCUT2D eigenvalue weighted by atomic mass is 32.2. The summed E-state index contributed by atoms with van der Waals surface area (Å²) in [4.78, 5) is 8.56. The van der Waals surface area contributed by atoms with Crippen LogP contribution < -0.4 is 5.32 Å². The summed E-state index contributed by atoms with van der Waals surface area (Å²) in [6.45, 7) is 9.33. The zero-order chi connectivity index (χ0) is 13.9. The van der Waals surface area contributed by atoms with E-state index in [1.54, 1.807) is 12.5 Å². The van der Waals surface area contributed by atoms with Crippen LogP contribution in [0.15, 0.2) is 39.4 Å². The Morgan fingerprint density at radius 2 is 2.11 bits per heavy atom. The average molecular weight is 277 g/mol. The fourth-order valence-corrected chi connectivity index (χ4v) is 2.24. The monoisotopic (exact) mass is 277 g/mol. The maximum absolute atomic E-state index is 5.21. The third-order valence-electron chi connectivity index (χ3n) is 2.50. The molecule has 0 saturated carbocycles. The van der Waals surface area contributed by atoms with Crippen LogP contribution >= 0.6 is 11.8 Å². The highest BCUT2D eigenvalue weighted by Gasteiger charge is 2.10. The van der Waals surface area contributed by atoms with Crippen molar-refractivity contribution < 1.29 is 4.42 Å². The average Bonchev–Trinajstić information content (AvgIpc) is 2.81. The highest BCUT2D eigenvalue weighted by molar-refractivity contribution is 7.99. The molecule has 2 heterocycles. The fourth-order valence-electron chi connectivity index (χ4n) is 1.53. The molecule has 0 bridgehead atoms. The highest BCUT2D eigenvalue weighted by Crippen LogP contribution is 2.27. The molecule has 0 fully saturated rings. The minimum absolute atomic E-state index is 0.111. The molecule has 0 amide bonds. The van der Waals surface area contributed by atoms with Gasteiger partial charge in [-0.05, 0) is 50.6 Å². The van der Waals surface area contributed by atoms with E-state index in [-0.39, 0.29) is 5.54 Å². The molecule has 1 N–H and O–H groups in total. The minimum atomic E-state index is 0.111. The Kier molecular flexibility index (Phi) is 4.27. The van der Waals surface area contributed by atoms with Gasteiger partial charge in [0.05, 0.1) is 6.20 Å². The van der Waals surface area contributed by atoms with Gasteiger partial charge in [-0.15, -0.1) is 0 Å². The van der Waals surface area contributed by atoms with Crippen LogP contribution in [0.1, 0.15) is 31.9 Å². The van der Waals surface area contributed by atoms with Crippen molar-refractivity contribution >= 4 is 11.8 Å². The smallest absolute Gasteiger partial charge is 0.261 e. The van der Waals surface area contributed by atoms with Gasteiger partial charge in [0.2, 0.25) is 0 Å². The standard InChI is InChI=1S/C14H19N3OS/c1-10-7-11(9-17-14(2,3)4)8-16-12(10)19-13-15-5-6-18-13/h5-8,17H,9H2,1-4H3. The van der Waals surface area contributed by atoms with Crippen molar-refractivity contribution in [2.24, 2.45) is 0 Å². The molecule has 0 spiro atoms. The van der Waals surface area contributed by atoms with Crippen LogP contribution in [0.4, 0.5) is 0 Å². The molecule has 102 valence electrons. The van der Waals surface area contributed by atoms with Crippen molar-refractivity contribution in [1.29, 1.82) is 0 Å². The van der Waals surface area contributed by atoms with E-state index >= 15 is 0 Å². The Labute approximate surface area is 118 Å². The first kappa shape index (κ1) is 14.1. The molecule has 2 rings (SSSR count). The van der Waals surface area contributed by atoms with E-state index in [1.807, 2.05) is 6.20 Å². The van der Waals surface area contributed by atoms with Crippen LogP contribution in [0.25, 0.3) is 0 Å². The molecule has 0 aliphatic rings. The molecule has 4 nitrogen and oxygen atoms in total. The van der Waals surface area contributed by atoms with E-state index in [1.165, 1.54) is 17.3 Å². The van der Waals surface area contributed by atoms with Gasteiger partial charge in [0.25, 0.3) is 5.22 Å². The summed E-state index contributed by atoms with van der Waals surface area (Å²) < 4.78 is 5.21.